The van der Waals surface area contributed by atoms with E-state index in [-0.39, 0.29) is 11.5 Å². The number of furan rings is 1. The summed E-state index contributed by atoms with van der Waals surface area (Å²) in [4.78, 5) is 29.9. The SMILES string of the molecule is O=C(Oc1ccc2cc(-c3nc(-c4ccccc4)cs3)c(=O)oc2c1)c1cc2cc(Cl)ccc2o1. The molecule has 0 bridgehead atoms. The molecule has 0 N–H and O–H groups in total. The maximum atomic E-state index is 12.7. The molecule has 3 aromatic carbocycles. The number of benzene rings is 3. The summed E-state index contributed by atoms with van der Waals surface area (Å²) < 4.78 is 16.5. The Hall–Kier alpha value is -4.20. The van der Waals surface area contributed by atoms with Crippen molar-refractivity contribution in [2.75, 3.05) is 0 Å². The van der Waals surface area contributed by atoms with Crippen LogP contribution in [0, 0.1) is 0 Å². The first-order valence-corrected chi connectivity index (χ1v) is 11.8. The second-order valence-electron chi connectivity index (χ2n) is 7.73. The number of hydrogen-bond donors (Lipinski definition) is 0. The van der Waals surface area contributed by atoms with Gasteiger partial charge in [-0.2, -0.15) is 0 Å². The highest BCUT2D eigenvalue weighted by atomic mass is 35.5. The number of aromatic nitrogens is 1. The Morgan fingerprint density at radius 2 is 1.74 bits per heavy atom. The van der Waals surface area contributed by atoms with E-state index in [2.05, 4.69) is 4.98 Å². The fourth-order valence-electron chi connectivity index (χ4n) is 3.72. The minimum absolute atomic E-state index is 0.0390. The van der Waals surface area contributed by atoms with Gasteiger partial charge in [-0.3, -0.25) is 0 Å². The molecule has 0 atom stereocenters. The summed E-state index contributed by atoms with van der Waals surface area (Å²) in [5.74, 6) is -0.415. The zero-order valence-electron chi connectivity index (χ0n) is 17.9. The normalized spacial score (nSPS) is 11.2. The van der Waals surface area contributed by atoms with Crippen LogP contribution in [0.15, 0.2) is 97.9 Å². The lowest BCUT2D eigenvalue weighted by atomic mass is 10.1. The van der Waals surface area contributed by atoms with Crippen LogP contribution in [0.3, 0.4) is 0 Å². The topological polar surface area (TPSA) is 82.5 Å². The van der Waals surface area contributed by atoms with Gasteiger partial charge in [0.05, 0.1) is 11.3 Å². The summed E-state index contributed by atoms with van der Waals surface area (Å²) in [5.41, 5.74) is 2.43. The van der Waals surface area contributed by atoms with E-state index < -0.39 is 11.6 Å². The van der Waals surface area contributed by atoms with E-state index in [4.69, 9.17) is 25.2 Å². The summed E-state index contributed by atoms with van der Waals surface area (Å²) in [7, 11) is 0. The van der Waals surface area contributed by atoms with Crippen molar-refractivity contribution >= 4 is 50.8 Å². The zero-order chi connectivity index (χ0) is 23.9. The Kier molecular flexibility index (Phi) is 5.21. The standard InChI is InChI=1S/C27H14ClNO5S/c28-18-7-9-22-17(10-18)12-24(33-22)27(31)32-19-8-6-16-11-20(26(30)34-23(16)13-19)25-29-21(14-35-25)15-4-2-1-3-5-15/h1-14H. The zero-order valence-corrected chi connectivity index (χ0v) is 19.4. The van der Waals surface area contributed by atoms with Crippen LogP contribution in [-0.2, 0) is 0 Å². The fraction of sp³-hybridized carbons (Fsp3) is 0. The molecular formula is C27H14ClNO5S. The maximum absolute atomic E-state index is 12.7. The molecule has 0 radical (unpaired) electrons. The fourth-order valence-corrected chi connectivity index (χ4v) is 4.73. The van der Waals surface area contributed by atoms with Gasteiger partial charge in [-0.1, -0.05) is 41.9 Å². The second kappa shape index (κ2) is 8.54. The molecule has 170 valence electrons. The van der Waals surface area contributed by atoms with E-state index in [1.54, 1.807) is 42.5 Å². The number of fused-ring (bicyclic) bond motifs is 2. The lowest BCUT2D eigenvalue weighted by Crippen LogP contribution is -2.07. The van der Waals surface area contributed by atoms with E-state index in [9.17, 15) is 9.59 Å². The molecule has 6 rings (SSSR count). The lowest BCUT2D eigenvalue weighted by Gasteiger charge is -2.04. The number of halogens is 1. The van der Waals surface area contributed by atoms with Gasteiger partial charge in [-0.25, -0.2) is 14.6 Å². The number of ether oxygens (including phenoxy) is 1. The molecule has 0 saturated heterocycles. The smallest absolute Gasteiger partial charge is 0.379 e. The Morgan fingerprint density at radius 1 is 0.886 bits per heavy atom. The Bertz CT molecular complexity index is 1780. The summed E-state index contributed by atoms with van der Waals surface area (Å²) >= 11 is 7.36. The molecule has 3 heterocycles. The molecular weight excluding hydrogens is 486 g/mol. The third-order valence-electron chi connectivity index (χ3n) is 5.40. The number of nitrogens with zero attached hydrogens (tertiary/aromatic N) is 1. The van der Waals surface area contributed by atoms with Crippen LogP contribution in [0.4, 0.5) is 0 Å². The first-order valence-electron chi connectivity index (χ1n) is 10.5. The quantitative estimate of drug-likeness (QED) is 0.145. The van der Waals surface area contributed by atoms with Crippen molar-refractivity contribution in [3.05, 3.63) is 105 Å². The summed E-state index contributed by atoms with van der Waals surface area (Å²) in [6, 6.07) is 22.9. The third kappa shape index (κ3) is 4.12. The van der Waals surface area contributed by atoms with Crippen molar-refractivity contribution in [3.63, 3.8) is 0 Å². The van der Waals surface area contributed by atoms with Gasteiger partial charge in [0.2, 0.25) is 5.76 Å². The summed E-state index contributed by atoms with van der Waals surface area (Å²) in [5, 5.41) is 4.38. The lowest BCUT2D eigenvalue weighted by molar-refractivity contribution is 0.0704. The largest absolute Gasteiger partial charge is 0.449 e. The van der Waals surface area contributed by atoms with Gasteiger partial charge in [0.15, 0.2) is 0 Å². The van der Waals surface area contributed by atoms with E-state index >= 15 is 0 Å². The molecule has 0 aliphatic rings. The molecule has 35 heavy (non-hydrogen) atoms. The molecule has 0 spiro atoms. The molecule has 0 aliphatic heterocycles. The second-order valence-corrected chi connectivity index (χ2v) is 9.03. The van der Waals surface area contributed by atoms with Gasteiger partial charge in [0.25, 0.3) is 0 Å². The number of thiazole rings is 1. The molecule has 0 saturated carbocycles. The van der Waals surface area contributed by atoms with Crippen molar-refractivity contribution in [2.24, 2.45) is 0 Å². The van der Waals surface area contributed by atoms with Gasteiger partial charge in [-0.15, -0.1) is 11.3 Å². The molecule has 0 fully saturated rings. The molecule has 0 unspecified atom stereocenters. The number of rotatable bonds is 4. The highest BCUT2D eigenvalue weighted by Gasteiger charge is 2.17. The summed E-state index contributed by atoms with van der Waals surface area (Å²) in [6.45, 7) is 0. The van der Waals surface area contributed by atoms with Crippen LogP contribution >= 0.6 is 22.9 Å². The molecule has 8 heteroatoms. The van der Waals surface area contributed by atoms with Crippen LogP contribution in [0.1, 0.15) is 10.6 Å². The van der Waals surface area contributed by atoms with E-state index in [0.717, 1.165) is 11.3 Å². The van der Waals surface area contributed by atoms with Crippen LogP contribution in [0.25, 0.3) is 43.8 Å². The van der Waals surface area contributed by atoms with Crippen molar-refractivity contribution < 1.29 is 18.4 Å². The van der Waals surface area contributed by atoms with Gasteiger partial charge in [0.1, 0.15) is 21.9 Å². The Balaban J connectivity index is 1.28. The number of carbonyl (C=O) groups excluding carboxylic acids is 1. The minimum atomic E-state index is -0.674. The first-order chi connectivity index (χ1) is 17.0. The highest BCUT2D eigenvalue weighted by Crippen LogP contribution is 2.30. The monoisotopic (exact) mass is 499 g/mol. The van der Waals surface area contributed by atoms with E-state index in [1.807, 2.05) is 35.7 Å². The van der Waals surface area contributed by atoms with Crippen molar-refractivity contribution in [2.45, 2.75) is 0 Å². The first kappa shape index (κ1) is 21.3. The van der Waals surface area contributed by atoms with Crippen LogP contribution in [0.2, 0.25) is 5.02 Å². The minimum Gasteiger partial charge on any atom is -0.449 e. The van der Waals surface area contributed by atoms with Crippen LogP contribution in [0.5, 0.6) is 5.75 Å². The van der Waals surface area contributed by atoms with Crippen molar-refractivity contribution in [1.82, 2.24) is 4.98 Å². The van der Waals surface area contributed by atoms with Gasteiger partial charge >= 0.3 is 11.6 Å². The average Bonchev–Trinajstić information content (AvgIpc) is 3.51. The van der Waals surface area contributed by atoms with E-state index in [1.165, 1.54) is 17.4 Å². The van der Waals surface area contributed by atoms with Gasteiger partial charge in [0, 0.05) is 32.8 Å². The third-order valence-corrected chi connectivity index (χ3v) is 6.51. The number of carbonyl (C=O) groups is 1. The molecule has 0 aliphatic carbocycles. The molecule has 6 nitrogen and oxygen atoms in total. The van der Waals surface area contributed by atoms with Crippen molar-refractivity contribution in [1.29, 1.82) is 0 Å². The number of hydrogen-bond acceptors (Lipinski definition) is 7. The predicted molar refractivity (Wildman–Crippen MR) is 135 cm³/mol. The van der Waals surface area contributed by atoms with Gasteiger partial charge < -0.3 is 13.6 Å². The molecule has 3 aromatic heterocycles. The van der Waals surface area contributed by atoms with Crippen LogP contribution in [-0.4, -0.2) is 11.0 Å². The van der Waals surface area contributed by atoms with Crippen LogP contribution < -0.4 is 10.4 Å². The van der Waals surface area contributed by atoms with E-state index in [0.29, 0.717) is 37.5 Å². The molecule has 6 aromatic rings. The Morgan fingerprint density at radius 3 is 2.60 bits per heavy atom. The summed E-state index contributed by atoms with van der Waals surface area (Å²) in [6.07, 6.45) is 0. The molecule has 0 amide bonds. The number of esters is 1. The predicted octanol–water partition coefficient (Wildman–Crippen LogP) is 7.20. The van der Waals surface area contributed by atoms with Gasteiger partial charge in [-0.05, 0) is 42.5 Å². The Labute approximate surface area is 207 Å². The van der Waals surface area contributed by atoms with Crippen molar-refractivity contribution in [3.8, 4) is 27.6 Å². The maximum Gasteiger partial charge on any atom is 0.379 e. The highest BCUT2D eigenvalue weighted by molar-refractivity contribution is 7.13. The average molecular weight is 500 g/mol.